The number of halogens is 5. The number of alkyl halides is 3. The molecular formula is C21H21F5N3O3+. The van der Waals surface area contributed by atoms with E-state index in [0.717, 1.165) is 12.1 Å². The van der Waals surface area contributed by atoms with Crippen LogP contribution in [0.25, 0.3) is 0 Å². The van der Waals surface area contributed by atoms with Gasteiger partial charge in [-0.15, -0.1) is 13.2 Å². The molecule has 11 heteroatoms. The number of carbonyl (C=O) groups excluding carboxylic acids is 1. The Morgan fingerprint density at radius 2 is 1.91 bits per heavy atom. The molecule has 6 nitrogen and oxygen atoms in total. The van der Waals surface area contributed by atoms with Gasteiger partial charge >= 0.3 is 12.5 Å². The Morgan fingerprint density at radius 3 is 2.56 bits per heavy atom. The minimum Gasteiger partial charge on any atom is -0.449 e. The Balaban J connectivity index is 1.06. The lowest BCUT2D eigenvalue weighted by molar-refractivity contribution is -0.565. The van der Waals surface area contributed by atoms with E-state index in [2.05, 4.69) is 15.0 Å². The predicted molar refractivity (Wildman–Crippen MR) is 101 cm³/mol. The van der Waals surface area contributed by atoms with Crippen LogP contribution in [0.15, 0.2) is 23.2 Å². The zero-order chi connectivity index (χ0) is 22.7. The molecule has 32 heavy (non-hydrogen) atoms. The van der Waals surface area contributed by atoms with Gasteiger partial charge in [0, 0.05) is 24.8 Å². The zero-order valence-corrected chi connectivity index (χ0v) is 16.9. The summed E-state index contributed by atoms with van der Waals surface area (Å²) in [5.41, 5.74) is 0.0604. The van der Waals surface area contributed by atoms with Gasteiger partial charge in [-0.05, 0) is 30.9 Å². The lowest BCUT2D eigenvalue weighted by Gasteiger charge is -2.67. The maximum Gasteiger partial charge on any atom is 0.522 e. The second-order valence-electron chi connectivity index (χ2n) is 9.22. The molecule has 1 aliphatic heterocycles. The zero-order valence-electron chi connectivity index (χ0n) is 16.9. The minimum atomic E-state index is -4.64. The standard InChI is InChI=1S/C21H20F5N3O3/c22-15-2-1-13(5-16(15)23)17-6-29(11-27-17)20-8-19(9-20,10-20)28-18(30)31-7-12-3-14(4-12)32-21(24,25)26/h1-2,5-6,11-12,14,17H,3-4,7-10H2/p+1. The molecule has 1 aromatic carbocycles. The topological polar surface area (TPSA) is 62.9 Å². The highest BCUT2D eigenvalue weighted by Gasteiger charge is 2.73. The van der Waals surface area contributed by atoms with Gasteiger partial charge < -0.3 is 10.1 Å². The Hall–Kier alpha value is -2.56. The molecule has 1 heterocycles. The molecule has 0 saturated heterocycles. The van der Waals surface area contributed by atoms with E-state index < -0.39 is 30.2 Å². The molecule has 172 valence electrons. The molecule has 0 radical (unpaired) electrons. The normalized spacial score (nSPS) is 34.8. The van der Waals surface area contributed by atoms with Gasteiger partial charge in [0.2, 0.25) is 6.04 Å². The van der Waals surface area contributed by atoms with E-state index in [9.17, 15) is 26.7 Å². The number of ether oxygens (including phenoxy) is 2. The number of rotatable bonds is 6. The van der Waals surface area contributed by atoms with Crippen molar-refractivity contribution in [2.75, 3.05) is 6.61 Å². The summed E-state index contributed by atoms with van der Waals surface area (Å²) in [5.74, 6) is -1.95. The van der Waals surface area contributed by atoms with Gasteiger partial charge in [0.15, 0.2) is 11.6 Å². The van der Waals surface area contributed by atoms with Gasteiger partial charge in [0.05, 0.1) is 18.2 Å². The Kier molecular flexibility index (Phi) is 4.81. The van der Waals surface area contributed by atoms with Gasteiger partial charge in [-0.3, -0.25) is 4.74 Å². The molecule has 1 N–H and O–H groups in total. The summed E-state index contributed by atoms with van der Waals surface area (Å²) in [6, 6.07) is 3.33. The second-order valence-corrected chi connectivity index (χ2v) is 9.22. The lowest BCUT2D eigenvalue weighted by Crippen LogP contribution is -2.82. The van der Waals surface area contributed by atoms with Gasteiger partial charge in [0.25, 0.3) is 6.34 Å². The molecule has 4 aliphatic carbocycles. The maximum atomic E-state index is 13.5. The van der Waals surface area contributed by atoms with Crippen LogP contribution < -0.4 is 5.32 Å². The van der Waals surface area contributed by atoms with Gasteiger partial charge in [-0.1, -0.05) is 11.1 Å². The third-order valence-electron chi connectivity index (χ3n) is 6.80. The SMILES string of the molecule is O=C(NC12CC([N+]3=CC(c4ccc(F)c(F)c4)N=C3)(C1)C2)OCC1CC(OC(F)(F)F)C1. The number of carbonyl (C=O) groups is 1. The summed E-state index contributed by atoms with van der Waals surface area (Å²) in [6.45, 7) is 0.0627. The molecule has 4 saturated carbocycles. The lowest BCUT2D eigenvalue weighted by atomic mass is 9.44. The molecule has 1 atom stereocenters. The van der Waals surface area contributed by atoms with Crippen LogP contribution in [-0.4, -0.2) is 53.4 Å². The molecule has 5 aliphatic rings. The van der Waals surface area contributed by atoms with E-state index in [0.29, 0.717) is 24.8 Å². The Labute approximate surface area is 180 Å². The number of hydrogen-bond donors (Lipinski definition) is 1. The molecule has 1 amide bonds. The molecular weight excluding hydrogens is 437 g/mol. The van der Waals surface area contributed by atoms with Crippen LogP contribution in [0.4, 0.5) is 26.7 Å². The molecule has 6 rings (SSSR count). The number of amides is 1. The van der Waals surface area contributed by atoms with Gasteiger partial charge in [0.1, 0.15) is 11.8 Å². The number of nitrogens with zero attached hydrogens (tertiary/aromatic N) is 2. The molecule has 1 unspecified atom stereocenters. The van der Waals surface area contributed by atoms with Crippen LogP contribution in [0.5, 0.6) is 0 Å². The molecule has 0 spiro atoms. The van der Waals surface area contributed by atoms with E-state index in [1.807, 2.05) is 10.8 Å². The van der Waals surface area contributed by atoms with Crippen molar-refractivity contribution < 1.29 is 40.8 Å². The summed E-state index contributed by atoms with van der Waals surface area (Å²) in [4.78, 5) is 16.5. The highest BCUT2D eigenvalue weighted by atomic mass is 19.4. The van der Waals surface area contributed by atoms with Crippen molar-refractivity contribution in [1.82, 2.24) is 5.32 Å². The van der Waals surface area contributed by atoms with E-state index in [4.69, 9.17) is 4.74 Å². The smallest absolute Gasteiger partial charge is 0.449 e. The molecule has 0 aromatic heterocycles. The molecule has 4 fully saturated rings. The third-order valence-corrected chi connectivity index (χ3v) is 6.80. The first kappa shape index (κ1) is 21.3. The van der Waals surface area contributed by atoms with E-state index >= 15 is 0 Å². The third kappa shape index (κ3) is 3.87. The van der Waals surface area contributed by atoms with Crippen LogP contribution >= 0.6 is 0 Å². The quantitative estimate of drug-likeness (QED) is 0.521. The highest BCUT2D eigenvalue weighted by Crippen LogP contribution is 2.62. The highest BCUT2D eigenvalue weighted by molar-refractivity contribution is 5.75. The van der Waals surface area contributed by atoms with Crippen molar-refractivity contribution in [3.05, 3.63) is 35.4 Å². The van der Waals surface area contributed by atoms with Crippen LogP contribution in [0.1, 0.15) is 43.7 Å². The fraction of sp³-hybridized carbons (Fsp3) is 0.571. The number of benzene rings is 1. The first-order chi connectivity index (χ1) is 15.0. The van der Waals surface area contributed by atoms with Crippen LogP contribution in [0.2, 0.25) is 0 Å². The number of aliphatic imine (C=N–C) groups is 1. The van der Waals surface area contributed by atoms with Crippen molar-refractivity contribution in [1.29, 1.82) is 0 Å². The van der Waals surface area contributed by atoms with E-state index in [1.165, 1.54) is 6.07 Å². The summed E-state index contributed by atoms with van der Waals surface area (Å²) >= 11 is 0. The van der Waals surface area contributed by atoms with Gasteiger partial charge in [-0.2, -0.15) is 0 Å². The van der Waals surface area contributed by atoms with Crippen LogP contribution in [-0.2, 0) is 9.47 Å². The van der Waals surface area contributed by atoms with Crippen LogP contribution in [0, 0.1) is 17.6 Å². The molecule has 1 aromatic rings. The first-order valence-corrected chi connectivity index (χ1v) is 10.4. The van der Waals surface area contributed by atoms with Crippen molar-refractivity contribution in [3.8, 4) is 0 Å². The Morgan fingerprint density at radius 1 is 1.19 bits per heavy atom. The van der Waals surface area contributed by atoms with Gasteiger partial charge in [-0.25, -0.2) is 18.2 Å². The maximum absolute atomic E-state index is 13.5. The minimum absolute atomic E-state index is 0.0627. The fourth-order valence-electron chi connectivity index (χ4n) is 5.20. The number of nitrogens with one attached hydrogen (secondary N) is 1. The van der Waals surface area contributed by atoms with Crippen LogP contribution in [0.3, 0.4) is 0 Å². The number of alkyl carbamates (subject to hydrolysis) is 1. The number of hydrogen-bond acceptors (Lipinski definition) is 4. The second kappa shape index (κ2) is 7.23. The summed E-state index contributed by atoms with van der Waals surface area (Å²) < 4.78 is 74.1. The average molecular weight is 458 g/mol. The monoisotopic (exact) mass is 458 g/mol. The predicted octanol–water partition coefficient (Wildman–Crippen LogP) is 3.85. The van der Waals surface area contributed by atoms with Crippen molar-refractivity contribution in [2.24, 2.45) is 10.9 Å². The first-order valence-electron chi connectivity index (χ1n) is 10.4. The fourth-order valence-corrected chi connectivity index (χ4v) is 5.20. The molecule has 2 bridgehead atoms. The van der Waals surface area contributed by atoms with Crippen molar-refractivity contribution in [3.63, 3.8) is 0 Å². The van der Waals surface area contributed by atoms with Crippen molar-refractivity contribution >= 4 is 18.6 Å². The summed E-state index contributed by atoms with van der Waals surface area (Å²) in [5, 5.41) is 2.87. The summed E-state index contributed by atoms with van der Waals surface area (Å²) in [6.07, 6.45) is 0.00513. The van der Waals surface area contributed by atoms with E-state index in [-0.39, 0.29) is 42.5 Å². The van der Waals surface area contributed by atoms with Crippen molar-refractivity contribution in [2.45, 2.75) is 61.7 Å². The Bertz CT molecular complexity index is 983. The summed E-state index contributed by atoms with van der Waals surface area (Å²) in [7, 11) is 0. The van der Waals surface area contributed by atoms with E-state index in [1.54, 1.807) is 6.34 Å². The largest absolute Gasteiger partial charge is 0.522 e. The average Bonchev–Trinajstić information content (AvgIpc) is 3.10.